The lowest BCUT2D eigenvalue weighted by atomic mass is 9.85. The van der Waals surface area contributed by atoms with Crippen LogP contribution in [0, 0.1) is 25.8 Å². The van der Waals surface area contributed by atoms with Crippen LogP contribution in [0.5, 0.6) is 5.75 Å². The van der Waals surface area contributed by atoms with Gasteiger partial charge in [0.2, 0.25) is 11.8 Å². The molecule has 2 aliphatic rings. The third-order valence-corrected chi connectivity index (χ3v) is 14.1. The molecule has 7 rings (SSSR count). The molecule has 3 heterocycles. The number of rotatable bonds is 18. The minimum absolute atomic E-state index is 0.00272. The molecule has 0 saturated carbocycles. The topological polar surface area (TPSA) is 166 Å². The summed E-state index contributed by atoms with van der Waals surface area (Å²) in [6.07, 6.45) is -0.720. The molecule has 0 aliphatic carbocycles. The van der Waals surface area contributed by atoms with Crippen LogP contribution >= 0.6 is 23.6 Å². The first-order chi connectivity index (χ1) is 33.3. The molecule has 4 aromatic carbocycles. The Hall–Kier alpha value is -6.35. The first kappa shape index (κ1) is 51.5. The van der Waals surface area contributed by atoms with E-state index in [1.165, 1.54) is 9.80 Å². The van der Waals surface area contributed by atoms with Crippen LogP contribution in [0.3, 0.4) is 0 Å². The number of β-amino-alcohol motifs (C(OH)–C–C–N with tert-alkyl or cyclic N) is 1. The summed E-state index contributed by atoms with van der Waals surface area (Å²) in [4.78, 5) is 68.1. The molecule has 366 valence electrons. The number of anilines is 2. The van der Waals surface area contributed by atoms with E-state index in [0.29, 0.717) is 28.7 Å². The van der Waals surface area contributed by atoms with Crippen molar-refractivity contribution in [1.82, 2.24) is 15.2 Å². The van der Waals surface area contributed by atoms with E-state index < -0.39 is 47.1 Å². The van der Waals surface area contributed by atoms with Crippen molar-refractivity contribution < 1.29 is 38.9 Å². The van der Waals surface area contributed by atoms with Crippen LogP contribution in [0.25, 0.3) is 26.4 Å². The number of aromatic nitrogens is 1. The van der Waals surface area contributed by atoms with E-state index in [-0.39, 0.29) is 57.3 Å². The van der Waals surface area contributed by atoms with Crippen molar-refractivity contribution in [3.05, 3.63) is 125 Å². The SMILES string of the molecule is [C-]#[N+]c1ccc(N2C(=O)C(C)(C)N(c3ccc(-c4ccc(OCC(O)CCOCC(=O)N[C@H](C(=O)N5C[C@H](O)C[C@H]5C(=O)CCc5ccc(-c6scnc6C)cc5)C(C)(C)C)cc4)cc3)C2=S)cc1C. The lowest BCUT2D eigenvalue weighted by Gasteiger charge is -2.35. The van der Waals surface area contributed by atoms with E-state index >= 15 is 0 Å². The summed E-state index contributed by atoms with van der Waals surface area (Å²) in [7, 11) is 0. The highest BCUT2D eigenvalue weighted by atomic mass is 32.1. The second kappa shape index (κ2) is 21.7. The number of hydrogen-bond acceptors (Lipinski definition) is 11. The number of benzene rings is 4. The zero-order valence-electron chi connectivity index (χ0n) is 40.6. The zero-order chi connectivity index (χ0) is 50.5. The van der Waals surface area contributed by atoms with Crippen molar-refractivity contribution in [3.8, 4) is 27.3 Å². The predicted molar refractivity (Wildman–Crippen MR) is 276 cm³/mol. The Morgan fingerprint density at radius 1 is 0.971 bits per heavy atom. The Morgan fingerprint density at radius 2 is 1.61 bits per heavy atom. The molecule has 4 atom stereocenters. The molecule has 5 aromatic rings. The highest BCUT2D eigenvalue weighted by Gasteiger charge is 2.50. The molecule has 1 unspecified atom stereocenters. The Kier molecular flexibility index (Phi) is 16.0. The van der Waals surface area contributed by atoms with Crippen LogP contribution in [-0.4, -0.2) is 105 Å². The fraction of sp³-hybridized carbons (Fsp3) is 0.389. The number of likely N-dealkylation sites (tertiary alicyclic amines) is 1. The monoisotopic (exact) mass is 984 g/mol. The number of aliphatic hydroxyl groups excluding tert-OH is 2. The molecule has 3 amide bonds. The Morgan fingerprint density at radius 3 is 2.23 bits per heavy atom. The van der Waals surface area contributed by atoms with Crippen molar-refractivity contribution in [3.63, 3.8) is 0 Å². The summed E-state index contributed by atoms with van der Waals surface area (Å²) in [5.41, 5.74) is 7.72. The molecule has 2 saturated heterocycles. The predicted octanol–water partition coefficient (Wildman–Crippen LogP) is 8.40. The lowest BCUT2D eigenvalue weighted by molar-refractivity contribution is -0.144. The van der Waals surface area contributed by atoms with Gasteiger partial charge in [0.05, 0.1) is 40.9 Å². The van der Waals surface area contributed by atoms with Gasteiger partial charge in [-0.1, -0.05) is 75.4 Å². The fourth-order valence-electron chi connectivity index (χ4n) is 8.78. The number of nitrogens with zero attached hydrogens (tertiary/aromatic N) is 5. The molecule has 0 bridgehead atoms. The average Bonchev–Trinajstić information content (AvgIpc) is 4.00. The largest absolute Gasteiger partial charge is 0.491 e. The fourth-order valence-corrected chi connectivity index (χ4v) is 10.1. The number of carbonyl (C=O) groups is 4. The number of thiazole rings is 1. The summed E-state index contributed by atoms with van der Waals surface area (Å²) < 4.78 is 11.4. The van der Waals surface area contributed by atoms with Crippen LogP contribution in [0.2, 0.25) is 0 Å². The maximum absolute atomic E-state index is 14.0. The molecular formula is C54H60N6O8S2. The lowest BCUT2D eigenvalue weighted by Crippen LogP contribution is -2.57. The van der Waals surface area contributed by atoms with Gasteiger partial charge in [0.1, 0.15) is 30.5 Å². The number of aryl methyl sites for hydroxylation is 3. The number of aliphatic hydroxyl groups is 2. The van der Waals surface area contributed by atoms with Crippen molar-refractivity contribution in [2.24, 2.45) is 5.41 Å². The number of carbonyl (C=O) groups excluding carboxylic acids is 4. The van der Waals surface area contributed by atoms with Crippen molar-refractivity contribution in [1.29, 1.82) is 0 Å². The van der Waals surface area contributed by atoms with Gasteiger partial charge in [-0.05, 0) is 116 Å². The quantitative estimate of drug-likeness (QED) is 0.0439. The molecule has 2 aliphatic heterocycles. The highest BCUT2D eigenvalue weighted by Crippen LogP contribution is 2.39. The number of hydrogen-bond donors (Lipinski definition) is 3. The second-order valence-electron chi connectivity index (χ2n) is 19.5. The van der Waals surface area contributed by atoms with E-state index in [2.05, 4.69) is 15.1 Å². The van der Waals surface area contributed by atoms with E-state index in [1.54, 1.807) is 23.5 Å². The minimum Gasteiger partial charge on any atom is -0.491 e. The van der Waals surface area contributed by atoms with Crippen LogP contribution < -0.4 is 19.9 Å². The van der Waals surface area contributed by atoms with Gasteiger partial charge in [-0.3, -0.25) is 24.1 Å². The number of Topliss-reactive ketones (excluding diaryl/α,β-unsaturated/α-hetero) is 1. The normalized spacial score (nSPS) is 17.6. The smallest absolute Gasteiger partial charge is 0.259 e. The average molecular weight is 985 g/mol. The number of ketones is 1. The van der Waals surface area contributed by atoms with E-state index in [9.17, 15) is 29.4 Å². The molecule has 0 radical (unpaired) electrons. The summed E-state index contributed by atoms with van der Waals surface area (Å²) in [5, 5.41) is 24.4. The van der Waals surface area contributed by atoms with Gasteiger partial charge in [-0.2, -0.15) is 0 Å². The third kappa shape index (κ3) is 11.6. The van der Waals surface area contributed by atoms with E-state index in [4.69, 9.17) is 28.3 Å². The molecule has 1 aromatic heterocycles. The molecule has 70 heavy (non-hydrogen) atoms. The summed E-state index contributed by atoms with van der Waals surface area (Å²) >= 11 is 7.43. The van der Waals surface area contributed by atoms with Crippen molar-refractivity contribution in [2.75, 3.05) is 36.2 Å². The Balaban J connectivity index is 0.846. The van der Waals surface area contributed by atoms with Gasteiger partial charge in [-0.25, -0.2) is 9.83 Å². The molecule has 3 N–H and O–H groups in total. The first-order valence-electron chi connectivity index (χ1n) is 23.3. The Labute approximate surface area is 419 Å². The van der Waals surface area contributed by atoms with Crippen LogP contribution in [-0.2, 0) is 30.3 Å². The number of nitrogens with one attached hydrogen (secondary N) is 1. The van der Waals surface area contributed by atoms with Crippen LogP contribution in [0.4, 0.5) is 17.1 Å². The zero-order valence-corrected chi connectivity index (χ0v) is 42.2. The molecule has 14 nitrogen and oxygen atoms in total. The summed E-state index contributed by atoms with van der Waals surface area (Å²) in [5.74, 6) is -0.701. The highest BCUT2D eigenvalue weighted by molar-refractivity contribution is 7.81. The molecule has 16 heteroatoms. The number of ether oxygens (including phenoxy) is 2. The van der Waals surface area contributed by atoms with Gasteiger partial charge in [0, 0.05) is 43.8 Å². The van der Waals surface area contributed by atoms with Gasteiger partial charge in [-0.15, -0.1) is 11.3 Å². The first-order valence-corrected chi connectivity index (χ1v) is 24.6. The standard InChI is InChI=1S/C54H60N6O8S2/c1-33-27-40(20-23-44(33)55-8)59-51(66)54(6,7)60(52(59)69)39-18-14-36(15-19-39)37-16-21-43(22-17-37)68-30-41(61)25-26-67-31-47(64)57-49(53(3,4)5)50(65)58-29-42(62)28-45(58)46(63)24-11-35-9-12-38(13-10-35)48-34(2)56-32-70-48/h9-10,12-23,27,32,41-42,45,49,61-62H,11,24-26,28-31H2,1-7H3,(H,57,64)/t41?,42-,45+,49-/m1/s1. The van der Waals surface area contributed by atoms with Gasteiger partial charge < -0.3 is 34.8 Å². The molecule has 2 fully saturated rings. The molecular weight excluding hydrogens is 925 g/mol. The van der Waals surface area contributed by atoms with E-state index in [0.717, 1.165) is 44.1 Å². The summed E-state index contributed by atoms with van der Waals surface area (Å²) in [6, 6.07) is 26.7. The Bertz CT molecular complexity index is 2760. The summed E-state index contributed by atoms with van der Waals surface area (Å²) in [6.45, 7) is 20.0. The molecule has 0 spiro atoms. The van der Waals surface area contributed by atoms with Crippen LogP contribution in [0.1, 0.15) is 70.7 Å². The maximum Gasteiger partial charge on any atom is 0.259 e. The van der Waals surface area contributed by atoms with E-state index in [1.807, 2.05) is 138 Å². The van der Waals surface area contributed by atoms with Gasteiger partial charge >= 0.3 is 0 Å². The minimum atomic E-state index is -0.983. The van der Waals surface area contributed by atoms with Crippen LogP contribution in [0.15, 0.2) is 96.5 Å². The number of thiocarbonyl (C=S) groups is 1. The second-order valence-corrected chi connectivity index (χ2v) is 20.7. The third-order valence-electron chi connectivity index (χ3n) is 12.8. The van der Waals surface area contributed by atoms with Crippen molar-refractivity contribution in [2.45, 2.75) is 104 Å². The number of amides is 3. The van der Waals surface area contributed by atoms with Crippen molar-refractivity contribution >= 4 is 69.2 Å². The van der Waals surface area contributed by atoms with Gasteiger partial charge in [0.25, 0.3) is 5.91 Å². The maximum atomic E-state index is 14.0. The van der Waals surface area contributed by atoms with Gasteiger partial charge in [0.15, 0.2) is 16.6 Å².